The summed E-state index contributed by atoms with van der Waals surface area (Å²) in [6.07, 6.45) is -0.355. The van der Waals surface area contributed by atoms with E-state index >= 15 is 0 Å². The number of methoxy groups -OCH3 is 1. The smallest absolute Gasteiger partial charge is 0.415 e. The van der Waals surface area contributed by atoms with E-state index in [-0.39, 0.29) is 6.09 Å². The van der Waals surface area contributed by atoms with Crippen LogP contribution in [0, 0.1) is 0 Å². The van der Waals surface area contributed by atoms with Crippen molar-refractivity contribution in [2.45, 2.75) is 26.0 Å². The number of benzene rings is 3. The number of rotatable bonds is 4. The van der Waals surface area contributed by atoms with Crippen LogP contribution in [0.1, 0.15) is 25.0 Å². The highest BCUT2D eigenvalue weighted by molar-refractivity contribution is 5.95. The van der Waals surface area contributed by atoms with Crippen molar-refractivity contribution in [1.82, 2.24) is 9.97 Å². The molecule has 1 N–H and O–H groups in total. The molecular formula is C25H23N3O3. The number of cyclic esters (lactones) is 1. The molecule has 3 aromatic carbocycles. The minimum absolute atomic E-state index is 0.355. The van der Waals surface area contributed by atoms with Gasteiger partial charge in [0, 0.05) is 11.1 Å². The van der Waals surface area contributed by atoms with Crippen molar-refractivity contribution >= 4 is 22.8 Å². The molecule has 6 heteroatoms. The average Bonchev–Trinajstić information content (AvgIpc) is 3.19. The van der Waals surface area contributed by atoms with Crippen LogP contribution in [0.25, 0.3) is 22.4 Å². The molecule has 1 aliphatic rings. The second-order valence-electron chi connectivity index (χ2n) is 8.15. The van der Waals surface area contributed by atoms with E-state index in [2.05, 4.69) is 4.98 Å². The fourth-order valence-corrected chi connectivity index (χ4v) is 3.98. The number of fused-ring (bicyclic) bond motifs is 2. The molecule has 0 saturated carbocycles. The normalized spacial score (nSPS) is 14.9. The molecule has 0 aliphatic carbocycles. The Labute approximate surface area is 180 Å². The van der Waals surface area contributed by atoms with E-state index in [0.29, 0.717) is 6.54 Å². The first-order valence-corrected chi connectivity index (χ1v) is 10.2. The molecular weight excluding hydrogens is 390 g/mol. The lowest BCUT2D eigenvalue weighted by molar-refractivity contribution is 0.0348. The lowest BCUT2D eigenvalue weighted by Gasteiger charge is -2.38. The number of hydrogen-bond acceptors (Lipinski definition) is 4. The topological polar surface area (TPSA) is 67.5 Å². The van der Waals surface area contributed by atoms with Gasteiger partial charge in [0.05, 0.1) is 30.4 Å². The maximum absolute atomic E-state index is 12.9. The number of nitrogens with zero attached hydrogens (tertiary/aromatic N) is 2. The van der Waals surface area contributed by atoms with Crippen LogP contribution in [0.4, 0.5) is 10.5 Å². The molecule has 6 nitrogen and oxygen atoms in total. The predicted octanol–water partition coefficient (Wildman–Crippen LogP) is 5.63. The predicted molar refractivity (Wildman–Crippen MR) is 120 cm³/mol. The van der Waals surface area contributed by atoms with Crippen molar-refractivity contribution in [3.05, 3.63) is 77.9 Å². The molecule has 0 unspecified atom stereocenters. The second kappa shape index (κ2) is 7.16. The molecule has 156 valence electrons. The number of H-pyrrole nitrogens is 1. The first kappa shape index (κ1) is 19.2. The van der Waals surface area contributed by atoms with Gasteiger partial charge in [0.2, 0.25) is 0 Å². The van der Waals surface area contributed by atoms with Crippen LogP contribution in [-0.2, 0) is 16.9 Å². The number of amides is 1. The van der Waals surface area contributed by atoms with E-state index in [1.165, 1.54) is 0 Å². The van der Waals surface area contributed by atoms with Crippen molar-refractivity contribution in [1.29, 1.82) is 0 Å². The van der Waals surface area contributed by atoms with Crippen LogP contribution in [0.3, 0.4) is 0 Å². The molecule has 31 heavy (non-hydrogen) atoms. The molecule has 0 saturated heterocycles. The van der Waals surface area contributed by atoms with Gasteiger partial charge < -0.3 is 14.5 Å². The molecule has 1 amide bonds. The maximum Gasteiger partial charge on any atom is 0.415 e. The highest BCUT2D eigenvalue weighted by Gasteiger charge is 2.38. The summed E-state index contributed by atoms with van der Waals surface area (Å²) in [4.78, 5) is 22.7. The van der Waals surface area contributed by atoms with Crippen molar-refractivity contribution in [2.24, 2.45) is 0 Å². The molecule has 0 atom stereocenters. The standard InChI is InChI=1S/C25H23N3O3/c1-25(2)19-13-20-21(27-23(26-20)17-9-11-18(30-3)12-10-17)14-22(19)28(24(29)31-25)15-16-7-5-4-6-8-16/h4-14H,15H2,1-3H3,(H,26,27). The number of carbonyl (C=O) groups excluding carboxylic acids is 1. The Kier molecular flexibility index (Phi) is 4.43. The number of imidazole rings is 1. The lowest BCUT2D eigenvalue weighted by atomic mass is 9.93. The fraction of sp³-hybridized carbons (Fsp3) is 0.200. The Morgan fingerprint density at radius 3 is 2.52 bits per heavy atom. The van der Waals surface area contributed by atoms with Crippen molar-refractivity contribution in [3.63, 3.8) is 0 Å². The summed E-state index contributed by atoms with van der Waals surface area (Å²) >= 11 is 0. The van der Waals surface area contributed by atoms with Gasteiger partial charge in [-0.1, -0.05) is 30.3 Å². The number of aromatic nitrogens is 2. The average molecular weight is 413 g/mol. The largest absolute Gasteiger partial charge is 0.497 e. The third kappa shape index (κ3) is 3.40. The Hall–Kier alpha value is -3.80. The highest BCUT2D eigenvalue weighted by atomic mass is 16.6. The van der Waals surface area contributed by atoms with E-state index in [1.807, 2.05) is 80.6 Å². The number of nitrogens with one attached hydrogen (secondary N) is 1. The molecule has 4 aromatic rings. The summed E-state index contributed by atoms with van der Waals surface area (Å²) in [6, 6.07) is 21.7. The molecule has 0 radical (unpaired) electrons. The second-order valence-corrected chi connectivity index (χ2v) is 8.15. The molecule has 0 spiro atoms. The SMILES string of the molecule is COc1ccc(-c2nc3cc4c(cc3[nH]2)C(C)(C)OC(=O)N4Cc2ccccc2)cc1. The Morgan fingerprint density at radius 2 is 1.81 bits per heavy atom. The molecule has 0 bridgehead atoms. The van der Waals surface area contributed by atoms with Gasteiger partial charge in [-0.3, -0.25) is 4.90 Å². The minimum Gasteiger partial charge on any atom is -0.497 e. The molecule has 0 fully saturated rings. The zero-order chi connectivity index (χ0) is 21.6. The van der Waals surface area contributed by atoms with Crippen LogP contribution >= 0.6 is 0 Å². The molecule has 1 aliphatic heterocycles. The summed E-state index contributed by atoms with van der Waals surface area (Å²) in [5, 5.41) is 0. The van der Waals surface area contributed by atoms with Gasteiger partial charge in [-0.2, -0.15) is 0 Å². The van der Waals surface area contributed by atoms with Gasteiger partial charge in [-0.25, -0.2) is 9.78 Å². The summed E-state index contributed by atoms with van der Waals surface area (Å²) in [7, 11) is 1.65. The zero-order valence-electron chi connectivity index (χ0n) is 17.7. The Bertz CT molecular complexity index is 1260. The van der Waals surface area contributed by atoms with Gasteiger partial charge in [0.25, 0.3) is 0 Å². The fourth-order valence-electron chi connectivity index (χ4n) is 3.98. The van der Waals surface area contributed by atoms with E-state index in [0.717, 1.165) is 45.0 Å². The lowest BCUT2D eigenvalue weighted by Crippen LogP contribution is -2.43. The Morgan fingerprint density at radius 1 is 1.06 bits per heavy atom. The van der Waals surface area contributed by atoms with Crippen LogP contribution in [0.15, 0.2) is 66.7 Å². The number of ether oxygens (including phenoxy) is 2. The summed E-state index contributed by atoms with van der Waals surface area (Å²) in [5.41, 5.74) is 4.72. The van der Waals surface area contributed by atoms with Gasteiger partial charge in [0.1, 0.15) is 17.2 Å². The number of anilines is 1. The summed E-state index contributed by atoms with van der Waals surface area (Å²) in [6.45, 7) is 4.26. The monoisotopic (exact) mass is 413 g/mol. The molecule has 1 aromatic heterocycles. The number of carbonyl (C=O) groups is 1. The van der Waals surface area contributed by atoms with Crippen LogP contribution in [-0.4, -0.2) is 23.2 Å². The molecule has 2 heterocycles. The van der Waals surface area contributed by atoms with Crippen molar-refractivity contribution < 1.29 is 14.3 Å². The van der Waals surface area contributed by atoms with Crippen molar-refractivity contribution in [3.8, 4) is 17.1 Å². The van der Waals surface area contributed by atoms with E-state index < -0.39 is 5.60 Å². The highest BCUT2D eigenvalue weighted by Crippen LogP contribution is 2.41. The van der Waals surface area contributed by atoms with Crippen LogP contribution in [0.5, 0.6) is 5.75 Å². The molecule has 5 rings (SSSR count). The number of aromatic amines is 1. The maximum atomic E-state index is 12.9. The van der Waals surface area contributed by atoms with E-state index in [1.54, 1.807) is 12.0 Å². The van der Waals surface area contributed by atoms with Crippen molar-refractivity contribution in [2.75, 3.05) is 12.0 Å². The first-order chi connectivity index (χ1) is 14.9. The van der Waals surface area contributed by atoms with Crippen LogP contribution < -0.4 is 9.64 Å². The zero-order valence-corrected chi connectivity index (χ0v) is 17.7. The van der Waals surface area contributed by atoms with Gasteiger partial charge in [-0.05, 0) is 55.8 Å². The number of hydrogen-bond donors (Lipinski definition) is 1. The van der Waals surface area contributed by atoms with Crippen LogP contribution in [0.2, 0.25) is 0 Å². The summed E-state index contributed by atoms with van der Waals surface area (Å²) < 4.78 is 11.0. The van der Waals surface area contributed by atoms with Gasteiger partial charge in [-0.15, -0.1) is 0 Å². The van der Waals surface area contributed by atoms with Gasteiger partial charge in [0.15, 0.2) is 0 Å². The third-order valence-corrected chi connectivity index (χ3v) is 5.65. The quantitative estimate of drug-likeness (QED) is 0.471. The summed E-state index contributed by atoms with van der Waals surface area (Å²) in [5.74, 6) is 1.56. The van der Waals surface area contributed by atoms with E-state index in [9.17, 15) is 4.79 Å². The van der Waals surface area contributed by atoms with E-state index in [4.69, 9.17) is 14.5 Å². The van der Waals surface area contributed by atoms with Gasteiger partial charge >= 0.3 is 6.09 Å². The Balaban J connectivity index is 1.60. The third-order valence-electron chi connectivity index (χ3n) is 5.65. The minimum atomic E-state index is -0.737. The first-order valence-electron chi connectivity index (χ1n) is 10.2.